The van der Waals surface area contributed by atoms with Crippen molar-refractivity contribution in [3.63, 3.8) is 0 Å². The molecular formula is C17H16F2N2O3S. The summed E-state index contributed by atoms with van der Waals surface area (Å²) in [5, 5.41) is 4.31. The lowest BCUT2D eigenvalue weighted by molar-refractivity contribution is -0.115. The second kappa shape index (κ2) is 7.18. The maximum atomic E-state index is 14.2. The second-order valence-corrected chi connectivity index (χ2v) is 6.54. The number of fused-ring (bicyclic) bond motifs is 1. The average Bonchev–Trinajstić information content (AvgIpc) is 3.01. The summed E-state index contributed by atoms with van der Waals surface area (Å²) in [6, 6.07) is 3.73. The van der Waals surface area contributed by atoms with Gasteiger partial charge in [0.1, 0.15) is 16.5 Å². The first-order valence-corrected chi connectivity index (χ1v) is 8.56. The quantitative estimate of drug-likeness (QED) is 0.845. The molecular weight excluding hydrogens is 350 g/mol. The third-order valence-corrected chi connectivity index (χ3v) is 4.84. The molecule has 0 saturated carbocycles. The molecule has 132 valence electrons. The number of aryl methyl sites for hydroxylation is 1. The Bertz CT molecular complexity index is 822. The number of amides is 1. The van der Waals surface area contributed by atoms with E-state index in [9.17, 15) is 18.4 Å². The van der Waals surface area contributed by atoms with Crippen molar-refractivity contribution in [3.05, 3.63) is 45.7 Å². The van der Waals surface area contributed by atoms with Crippen LogP contribution >= 0.6 is 11.3 Å². The van der Waals surface area contributed by atoms with E-state index in [0.717, 1.165) is 17.4 Å². The van der Waals surface area contributed by atoms with Crippen LogP contribution in [0.4, 0.5) is 20.2 Å². The van der Waals surface area contributed by atoms with Gasteiger partial charge in [-0.15, -0.1) is 11.3 Å². The van der Waals surface area contributed by atoms with Crippen molar-refractivity contribution in [2.24, 2.45) is 0 Å². The minimum Gasteiger partial charge on any atom is -0.465 e. The van der Waals surface area contributed by atoms with E-state index in [2.05, 4.69) is 10.1 Å². The molecule has 0 bridgehead atoms. The number of ether oxygens (including phenoxy) is 1. The summed E-state index contributed by atoms with van der Waals surface area (Å²) in [5.41, 5.74) is 1.18. The largest absolute Gasteiger partial charge is 0.465 e. The number of methoxy groups -OCH3 is 1. The SMILES string of the molecule is COC(=O)c1sccc1NC(=O)CN1CCCc2cc(F)cc(F)c21. The molecule has 0 radical (unpaired) electrons. The van der Waals surface area contributed by atoms with Crippen LogP contribution in [-0.4, -0.2) is 32.1 Å². The number of halogens is 2. The van der Waals surface area contributed by atoms with Gasteiger partial charge in [0.25, 0.3) is 0 Å². The number of benzene rings is 1. The summed E-state index contributed by atoms with van der Waals surface area (Å²) < 4.78 is 32.2. The van der Waals surface area contributed by atoms with Crippen molar-refractivity contribution < 1.29 is 23.1 Å². The van der Waals surface area contributed by atoms with Crippen LogP contribution in [0.5, 0.6) is 0 Å². The fourth-order valence-electron chi connectivity index (χ4n) is 2.92. The number of carbonyl (C=O) groups excluding carboxylic acids is 2. The van der Waals surface area contributed by atoms with Gasteiger partial charge in [-0.2, -0.15) is 0 Å². The van der Waals surface area contributed by atoms with Gasteiger partial charge in [0.2, 0.25) is 5.91 Å². The van der Waals surface area contributed by atoms with Gasteiger partial charge >= 0.3 is 5.97 Å². The summed E-state index contributed by atoms with van der Waals surface area (Å²) in [6.45, 7) is 0.405. The molecule has 0 atom stereocenters. The number of nitrogens with one attached hydrogen (secondary N) is 1. The fourth-order valence-corrected chi connectivity index (χ4v) is 3.68. The van der Waals surface area contributed by atoms with Gasteiger partial charge < -0.3 is 15.0 Å². The van der Waals surface area contributed by atoms with Crippen LogP contribution in [0.1, 0.15) is 21.7 Å². The Balaban J connectivity index is 1.75. The second-order valence-electron chi connectivity index (χ2n) is 5.62. The third-order valence-electron chi connectivity index (χ3n) is 3.94. The highest BCUT2D eigenvalue weighted by Crippen LogP contribution is 2.31. The lowest BCUT2D eigenvalue weighted by atomic mass is 10.0. The molecule has 0 unspecified atom stereocenters. The summed E-state index contributed by atoms with van der Waals surface area (Å²) in [7, 11) is 1.26. The first-order valence-electron chi connectivity index (χ1n) is 7.68. The summed E-state index contributed by atoms with van der Waals surface area (Å²) in [6.07, 6.45) is 1.27. The van der Waals surface area contributed by atoms with Crippen LogP contribution in [0.15, 0.2) is 23.6 Å². The van der Waals surface area contributed by atoms with Crippen molar-refractivity contribution in [2.45, 2.75) is 12.8 Å². The Hall–Kier alpha value is -2.48. The predicted molar refractivity (Wildman–Crippen MR) is 91.2 cm³/mol. The Kier molecular flexibility index (Phi) is 4.98. The number of hydrogen-bond acceptors (Lipinski definition) is 5. The van der Waals surface area contributed by atoms with E-state index < -0.39 is 17.6 Å². The molecule has 2 aromatic rings. The van der Waals surface area contributed by atoms with Gasteiger partial charge in [-0.25, -0.2) is 13.6 Å². The number of anilines is 2. The first kappa shape index (κ1) is 17.3. The standard InChI is InChI=1S/C17H16F2N2O3S/c1-24-17(23)16-13(4-6-25-16)20-14(22)9-21-5-2-3-10-7-11(18)8-12(19)15(10)21/h4,6-8H,2-3,5,9H2,1H3,(H,20,22). The molecule has 1 amide bonds. The Labute approximate surface area is 147 Å². The summed E-state index contributed by atoms with van der Waals surface area (Å²) in [4.78, 5) is 25.9. The molecule has 1 aliphatic heterocycles. The molecule has 1 N–H and O–H groups in total. The Morgan fingerprint density at radius 2 is 2.16 bits per heavy atom. The molecule has 0 aliphatic carbocycles. The third kappa shape index (κ3) is 3.63. The van der Waals surface area contributed by atoms with Crippen LogP contribution in [0.3, 0.4) is 0 Å². The van der Waals surface area contributed by atoms with Crippen molar-refractivity contribution in [1.82, 2.24) is 0 Å². The molecule has 8 heteroatoms. The summed E-state index contributed by atoms with van der Waals surface area (Å²) in [5.74, 6) is -2.22. The number of hydrogen-bond donors (Lipinski definition) is 1. The molecule has 0 fully saturated rings. The average molecular weight is 366 g/mol. The number of nitrogens with zero attached hydrogens (tertiary/aromatic N) is 1. The molecule has 25 heavy (non-hydrogen) atoms. The van der Waals surface area contributed by atoms with E-state index in [0.29, 0.717) is 35.5 Å². The molecule has 0 saturated heterocycles. The highest BCUT2D eigenvalue weighted by molar-refractivity contribution is 7.12. The number of carbonyl (C=O) groups is 2. The Morgan fingerprint density at radius 1 is 1.36 bits per heavy atom. The topological polar surface area (TPSA) is 58.6 Å². The molecule has 0 spiro atoms. The van der Waals surface area contributed by atoms with Crippen molar-refractivity contribution >= 4 is 34.6 Å². The van der Waals surface area contributed by atoms with E-state index >= 15 is 0 Å². The van der Waals surface area contributed by atoms with Gasteiger partial charge in [0, 0.05) is 12.6 Å². The van der Waals surface area contributed by atoms with Gasteiger partial charge in [-0.05, 0) is 35.9 Å². The Morgan fingerprint density at radius 3 is 2.92 bits per heavy atom. The molecule has 1 aromatic heterocycles. The minimum atomic E-state index is -0.673. The van der Waals surface area contributed by atoms with E-state index in [1.54, 1.807) is 16.3 Å². The molecule has 3 rings (SSSR count). The van der Waals surface area contributed by atoms with Crippen molar-refractivity contribution in [2.75, 3.05) is 30.4 Å². The lowest BCUT2D eigenvalue weighted by Crippen LogP contribution is -2.37. The highest BCUT2D eigenvalue weighted by atomic mass is 32.1. The van der Waals surface area contributed by atoms with Gasteiger partial charge in [0.05, 0.1) is 25.0 Å². The number of rotatable bonds is 4. The van der Waals surface area contributed by atoms with E-state index in [-0.39, 0.29) is 18.1 Å². The van der Waals surface area contributed by atoms with Crippen molar-refractivity contribution in [3.8, 4) is 0 Å². The van der Waals surface area contributed by atoms with Crippen molar-refractivity contribution in [1.29, 1.82) is 0 Å². The maximum Gasteiger partial charge on any atom is 0.350 e. The lowest BCUT2D eigenvalue weighted by Gasteiger charge is -2.31. The smallest absolute Gasteiger partial charge is 0.350 e. The molecule has 5 nitrogen and oxygen atoms in total. The highest BCUT2D eigenvalue weighted by Gasteiger charge is 2.24. The first-order chi connectivity index (χ1) is 12.0. The van der Waals surface area contributed by atoms with E-state index in [1.165, 1.54) is 13.2 Å². The van der Waals surface area contributed by atoms with Crippen LogP contribution in [0.2, 0.25) is 0 Å². The molecule has 1 aromatic carbocycles. The predicted octanol–water partition coefficient (Wildman–Crippen LogP) is 3.20. The maximum absolute atomic E-state index is 14.2. The number of esters is 1. The van der Waals surface area contributed by atoms with Crippen LogP contribution in [0.25, 0.3) is 0 Å². The molecule has 2 heterocycles. The molecule has 1 aliphatic rings. The zero-order valence-corrected chi connectivity index (χ0v) is 14.3. The van der Waals surface area contributed by atoms with Crippen LogP contribution in [-0.2, 0) is 16.0 Å². The van der Waals surface area contributed by atoms with Crippen LogP contribution < -0.4 is 10.2 Å². The normalized spacial score (nSPS) is 13.3. The summed E-state index contributed by atoms with van der Waals surface area (Å²) >= 11 is 1.16. The van der Waals surface area contributed by atoms with Crippen LogP contribution in [0, 0.1) is 11.6 Å². The fraction of sp³-hybridized carbons (Fsp3) is 0.294. The number of thiophene rings is 1. The zero-order valence-electron chi connectivity index (χ0n) is 13.5. The van der Waals surface area contributed by atoms with Gasteiger partial charge in [-0.3, -0.25) is 4.79 Å². The van der Waals surface area contributed by atoms with E-state index in [1.807, 2.05) is 0 Å². The zero-order chi connectivity index (χ0) is 18.0. The monoisotopic (exact) mass is 366 g/mol. The van der Waals surface area contributed by atoms with Gasteiger partial charge in [0.15, 0.2) is 0 Å². The minimum absolute atomic E-state index is 0.0913. The van der Waals surface area contributed by atoms with E-state index in [4.69, 9.17) is 0 Å². The van der Waals surface area contributed by atoms with Gasteiger partial charge in [-0.1, -0.05) is 0 Å².